The van der Waals surface area contributed by atoms with Crippen molar-refractivity contribution in [2.75, 3.05) is 0 Å². The number of benzene rings is 2. The predicted octanol–water partition coefficient (Wildman–Crippen LogP) is 3.43. The average molecular weight is 264 g/mol. The molecular weight excluding hydrogens is 248 g/mol. The van der Waals surface area contributed by atoms with Crippen molar-refractivity contribution in [2.45, 2.75) is 31.1 Å². The van der Waals surface area contributed by atoms with Crippen molar-refractivity contribution in [3.63, 3.8) is 0 Å². The summed E-state index contributed by atoms with van der Waals surface area (Å²) >= 11 is 0. The number of aryl methyl sites for hydroxylation is 1. The summed E-state index contributed by atoms with van der Waals surface area (Å²) in [6.45, 7) is 2.15. The lowest BCUT2D eigenvalue weighted by molar-refractivity contribution is 0.483. The molecule has 0 radical (unpaired) electrons. The first-order valence-corrected chi connectivity index (χ1v) is 7.45. The van der Waals surface area contributed by atoms with Gasteiger partial charge in [-0.3, -0.25) is 4.55 Å². The van der Waals surface area contributed by atoms with Gasteiger partial charge in [-0.25, -0.2) is 0 Å². The number of fused-ring (bicyclic) bond motifs is 1. The Kier molecular flexibility index (Phi) is 3.68. The Labute approximate surface area is 107 Å². The maximum absolute atomic E-state index is 11.0. The molecule has 0 aromatic heterocycles. The highest BCUT2D eigenvalue weighted by atomic mass is 32.2. The van der Waals surface area contributed by atoms with Crippen molar-refractivity contribution in [3.8, 4) is 0 Å². The van der Waals surface area contributed by atoms with Crippen molar-refractivity contribution in [2.24, 2.45) is 0 Å². The fourth-order valence-corrected chi connectivity index (χ4v) is 2.49. The number of hydrogen-bond acceptors (Lipinski definition) is 2. The first-order chi connectivity index (χ1) is 8.50. The molecule has 0 fully saturated rings. The SMILES string of the molecule is CCCCc1ccc2cc(S(=O)(=O)O)ccc2c1. The lowest BCUT2D eigenvalue weighted by Gasteiger charge is -2.04. The molecule has 1 N–H and O–H groups in total. The molecule has 0 aliphatic heterocycles. The van der Waals surface area contributed by atoms with Gasteiger partial charge in [0, 0.05) is 0 Å². The van der Waals surface area contributed by atoms with Crippen LogP contribution in [0.5, 0.6) is 0 Å². The Hall–Kier alpha value is -1.39. The predicted molar refractivity (Wildman–Crippen MR) is 72.4 cm³/mol. The van der Waals surface area contributed by atoms with Crippen LogP contribution in [-0.2, 0) is 16.5 Å². The van der Waals surface area contributed by atoms with Crippen LogP contribution in [0.25, 0.3) is 10.8 Å². The maximum atomic E-state index is 11.0. The van der Waals surface area contributed by atoms with Crippen molar-refractivity contribution in [3.05, 3.63) is 42.0 Å². The Morgan fingerprint density at radius 2 is 1.72 bits per heavy atom. The van der Waals surface area contributed by atoms with Gasteiger partial charge >= 0.3 is 0 Å². The summed E-state index contributed by atoms with van der Waals surface area (Å²) in [5.74, 6) is 0. The molecule has 2 aromatic rings. The van der Waals surface area contributed by atoms with Gasteiger partial charge in [0.15, 0.2) is 0 Å². The second-order valence-electron chi connectivity index (χ2n) is 4.42. The molecule has 2 aromatic carbocycles. The highest BCUT2D eigenvalue weighted by Gasteiger charge is 2.09. The number of rotatable bonds is 4. The smallest absolute Gasteiger partial charge is 0.282 e. The third-order valence-electron chi connectivity index (χ3n) is 2.99. The van der Waals surface area contributed by atoms with Crippen molar-refractivity contribution >= 4 is 20.9 Å². The summed E-state index contributed by atoms with van der Waals surface area (Å²) in [6, 6.07) is 10.6. The van der Waals surface area contributed by atoms with E-state index in [4.69, 9.17) is 4.55 Å². The monoisotopic (exact) mass is 264 g/mol. The normalized spacial score (nSPS) is 11.9. The summed E-state index contributed by atoms with van der Waals surface area (Å²) in [5.41, 5.74) is 1.25. The summed E-state index contributed by atoms with van der Waals surface area (Å²) in [6.07, 6.45) is 3.33. The molecule has 3 nitrogen and oxygen atoms in total. The van der Waals surface area contributed by atoms with Gasteiger partial charge in [-0.15, -0.1) is 0 Å². The minimum Gasteiger partial charge on any atom is -0.282 e. The molecule has 18 heavy (non-hydrogen) atoms. The molecule has 0 saturated carbocycles. The summed E-state index contributed by atoms with van der Waals surface area (Å²) < 4.78 is 31.1. The maximum Gasteiger partial charge on any atom is 0.294 e. The van der Waals surface area contributed by atoms with Crippen LogP contribution >= 0.6 is 0 Å². The minimum atomic E-state index is -4.12. The van der Waals surface area contributed by atoms with Crippen LogP contribution < -0.4 is 0 Å². The third-order valence-corrected chi connectivity index (χ3v) is 3.84. The molecule has 0 spiro atoms. The van der Waals surface area contributed by atoms with Crippen molar-refractivity contribution in [1.82, 2.24) is 0 Å². The van der Waals surface area contributed by atoms with E-state index >= 15 is 0 Å². The van der Waals surface area contributed by atoms with Crippen LogP contribution in [0.15, 0.2) is 41.3 Å². The Balaban J connectivity index is 2.42. The quantitative estimate of drug-likeness (QED) is 0.861. The first-order valence-electron chi connectivity index (χ1n) is 6.01. The van der Waals surface area contributed by atoms with Gasteiger partial charge in [-0.05, 0) is 41.3 Å². The zero-order valence-electron chi connectivity index (χ0n) is 10.3. The second kappa shape index (κ2) is 5.08. The highest BCUT2D eigenvalue weighted by Crippen LogP contribution is 2.21. The molecule has 96 valence electrons. The van der Waals surface area contributed by atoms with Crippen LogP contribution in [0.4, 0.5) is 0 Å². The van der Waals surface area contributed by atoms with Gasteiger partial charge in [0.05, 0.1) is 4.90 Å². The molecule has 0 unspecified atom stereocenters. The van der Waals surface area contributed by atoms with Crippen molar-refractivity contribution in [1.29, 1.82) is 0 Å². The molecule has 0 heterocycles. The molecule has 4 heteroatoms. The van der Waals surface area contributed by atoms with E-state index in [1.807, 2.05) is 12.1 Å². The first kappa shape index (κ1) is 13.1. The lowest BCUT2D eigenvalue weighted by Crippen LogP contribution is -1.97. The highest BCUT2D eigenvalue weighted by molar-refractivity contribution is 7.85. The second-order valence-corrected chi connectivity index (χ2v) is 5.84. The van der Waals surface area contributed by atoms with E-state index in [1.54, 1.807) is 6.07 Å². The van der Waals surface area contributed by atoms with E-state index in [0.29, 0.717) is 0 Å². The van der Waals surface area contributed by atoms with E-state index in [2.05, 4.69) is 13.0 Å². The summed E-state index contributed by atoms with van der Waals surface area (Å²) in [5, 5.41) is 1.82. The van der Waals surface area contributed by atoms with Crippen LogP contribution in [0.3, 0.4) is 0 Å². The van der Waals surface area contributed by atoms with E-state index in [0.717, 1.165) is 30.0 Å². The summed E-state index contributed by atoms with van der Waals surface area (Å²) in [7, 11) is -4.12. The largest absolute Gasteiger partial charge is 0.294 e. The van der Waals surface area contributed by atoms with E-state index in [9.17, 15) is 8.42 Å². The molecule has 0 aliphatic rings. The average Bonchev–Trinajstić information content (AvgIpc) is 2.34. The van der Waals surface area contributed by atoms with E-state index < -0.39 is 10.1 Å². The zero-order chi connectivity index (χ0) is 13.2. The van der Waals surface area contributed by atoms with Crippen LogP contribution in [-0.4, -0.2) is 13.0 Å². The fourth-order valence-electron chi connectivity index (χ4n) is 1.97. The molecule has 2 rings (SSSR count). The third kappa shape index (κ3) is 2.89. The van der Waals surface area contributed by atoms with Gasteiger partial charge < -0.3 is 0 Å². The fraction of sp³-hybridized carbons (Fsp3) is 0.286. The number of unbranched alkanes of at least 4 members (excludes halogenated alkanes) is 1. The molecule has 0 aliphatic carbocycles. The van der Waals surface area contributed by atoms with Crippen LogP contribution in [0, 0.1) is 0 Å². The lowest BCUT2D eigenvalue weighted by atomic mass is 10.0. The molecule has 0 bridgehead atoms. The van der Waals surface area contributed by atoms with Gasteiger partial charge in [-0.1, -0.05) is 37.6 Å². The zero-order valence-corrected chi connectivity index (χ0v) is 11.1. The molecule has 0 atom stereocenters. The standard InChI is InChI=1S/C14H16O3S/c1-2-3-4-11-5-6-13-10-14(18(15,16)17)8-7-12(13)9-11/h5-10H,2-4H2,1H3,(H,15,16,17). The van der Waals surface area contributed by atoms with Gasteiger partial charge in [0.25, 0.3) is 10.1 Å². The van der Waals surface area contributed by atoms with E-state index in [1.165, 1.54) is 17.7 Å². The van der Waals surface area contributed by atoms with Gasteiger partial charge in [0.2, 0.25) is 0 Å². The Bertz CT molecular complexity index is 660. The Morgan fingerprint density at radius 1 is 1.06 bits per heavy atom. The molecular formula is C14H16O3S. The minimum absolute atomic E-state index is 0.0590. The van der Waals surface area contributed by atoms with Gasteiger partial charge in [0.1, 0.15) is 0 Å². The van der Waals surface area contributed by atoms with Gasteiger partial charge in [-0.2, -0.15) is 8.42 Å². The molecule has 0 saturated heterocycles. The Morgan fingerprint density at radius 3 is 2.39 bits per heavy atom. The number of hydrogen-bond donors (Lipinski definition) is 1. The molecule has 0 amide bonds. The van der Waals surface area contributed by atoms with Crippen LogP contribution in [0.1, 0.15) is 25.3 Å². The van der Waals surface area contributed by atoms with E-state index in [-0.39, 0.29) is 4.90 Å². The van der Waals surface area contributed by atoms with Crippen LogP contribution in [0.2, 0.25) is 0 Å². The topological polar surface area (TPSA) is 54.4 Å². The van der Waals surface area contributed by atoms with Crippen molar-refractivity contribution < 1.29 is 13.0 Å². The summed E-state index contributed by atoms with van der Waals surface area (Å²) in [4.78, 5) is -0.0590.